The summed E-state index contributed by atoms with van der Waals surface area (Å²) in [5.41, 5.74) is 1.18. The van der Waals surface area contributed by atoms with Gasteiger partial charge in [-0.25, -0.2) is 13.4 Å². The van der Waals surface area contributed by atoms with Crippen LogP contribution in [0, 0.1) is 0 Å². The molecule has 0 aliphatic rings. The summed E-state index contributed by atoms with van der Waals surface area (Å²) in [6.07, 6.45) is 2.93. The smallest absolute Gasteiger partial charge is 0.262 e. The Labute approximate surface area is 155 Å². The van der Waals surface area contributed by atoms with Gasteiger partial charge < -0.3 is 4.57 Å². The average molecular weight is 397 g/mol. The highest BCUT2D eigenvalue weighted by atomic mass is 35.5. The van der Waals surface area contributed by atoms with Crippen LogP contribution in [0.5, 0.6) is 0 Å². The number of hydrogen-bond donors (Lipinski definition) is 1. The van der Waals surface area contributed by atoms with Crippen LogP contribution in [0.4, 0.5) is 0 Å². The van der Waals surface area contributed by atoms with E-state index in [0.29, 0.717) is 16.3 Å². The number of imidazole rings is 1. The Morgan fingerprint density at radius 1 is 1.12 bits per heavy atom. The molecule has 3 rings (SSSR count). The second-order valence-corrected chi connectivity index (χ2v) is 7.74. The van der Waals surface area contributed by atoms with E-state index in [-0.39, 0.29) is 10.2 Å². The molecule has 2 heterocycles. The van der Waals surface area contributed by atoms with Crippen LogP contribution in [0.25, 0.3) is 0 Å². The number of nitrogens with zero attached hydrogens (tertiary/aromatic N) is 3. The first-order chi connectivity index (χ1) is 11.9. The van der Waals surface area contributed by atoms with Gasteiger partial charge in [0.2, 0.25) is 5.03 Å². The highest BCUT2D eigenvalue weighted by molar-refractivity contribution is 7.89. The third-order valence-electron chi connectivity index (χ3n) is 3.53. The van der Waals surface area contributed by atoms with Gasteiger partial charge in [-0.3, -0.25) is 4.98 Å². The van der Waals surface area contributed by atoms with Crippen molar-refractivity contribution >= 4 is 33.2 Å². The molecule has 0 amide bonds. The molecule has 1 N–H and O–H groups in total. The quantitative estimate of drug-likeness (QED) is 0.718. The summed E-state index contributed by atoms with van der Waals surface area (Å²) in [7, 11) is -2.36. The molecule has 0 saturated carbocycles. The van der Waals surface area contributed by atoms with Crippen LogP contribution in [0.2, 0.25) is 10.2 Å². The minimum Gasteiger partial charge on any atom is -0.324 e. The number of aryl methyl sites for hydroxylation is 1. The predicted octanol–water partition coefficient (Wildman–Crippen LogP) is 3.19. The van der Waals surface area contributed by atoms with Crippen LogP contribution in [0.15, 0.2) is 60.0 Å². The number of pyridine rings is 1. The molecule has 0 aliphatic carbocycles. The summed E-state index contributed by atoms with van der Waals surface area (Å²) in [6, 6.07) is 11.4. The number of nitrogens with one attached hydrogen (secondary N) is 1. The molecule has 1 atom stereocenters. The van der Waals surface area contributed by atoms with Gasteiger partial charge in [0.25, 0.3) is 10.0 Å². The third kappa shape index (κ3) is 3.85. The summed E-state index contributed by atoms with van der Waals surface area (Å²) < 4.78 is 29.6. The second-order valence-electron chi connectivity index (χ2n) is 5.32. The van der Waals surface area contributed by atoms with Crippen molar-refractivity contribution < 1.29 is 8.42 Å². The molecule has 1 aromatic carbocycles. The zero-order valence-corrected chi connectivity index (χ0v) is 15.4. The van der Waals surface area contributed by atoms with Crippen LogP contribution < -0.4 is 4.72 Å². The van der Waals surface area contributed by atoms with Crippen LogP contribution in [-0.2, 0) is 17.1 Å². The maximum absolute atomic E-state index is 12.8. The first-order valence-electron chi connectivity index (χ1n) is 7.24. The standard InChI is InChI=1S/C16H14Cl2N4O2S/c1-22-10-20-16(15(22)18)25(23,24)21-14(13-7-2-3-8-19-13)11-5-4-6-12(17)9-11/h2-10,14,21H,1H3. The number of halogens is 2. The van der Waals surface area contributed by atoms with E-state index in [0.717, 1.165) is 0 Å². The molecule has 0 saturated heterocycles. The van der Waals surface area contributed by atoms with Gasteiger partial charge in [-0.05, 0) is 29.8 Å². The fourth-order valence-electron chi connectivity index (χ4n) is 2.32. The van der Waals surface area contributed by atoms with Crippen LogP contribution in [-0.4, -0.2) is 23.0 Å². The summed E-state index contributed by atoms with van der Waals surface area (Å²) in [5.74, 6) is 0. The third-order valence-corrected chi connectivity index (χ3v) is 5.67. The van der Waals surface area contributed by atoms with Gasteiger partial charge in [-0.1, -0.05) is 41.4 Å². The lowest BCUT2D eigenvalue weighted by molar-refractivity contribution is 0.567. The fourth-order valence-corrected chi connectivity index (χ4v) is 4.14. The highest BCUT2D eigenvalue weighted by Gasteiger charge is 2.28. The summed E-state index contributed by atoms with van der Waals surface area (Å²) >= 11 is 12.1. The van der Waals surface area contributed by atoms with Crippen molar-refractivity contribution in [3.8, 4) is 0 Å². The fraction of sp³-hybridized carbons (Fsp3) is 0.125. The van der Waals surface area contributed by atoms with E-state index in [1.165, 1.54) is 10.9 Å². The summed E-state index contributed by atoms with van der Waals surface area (Å²) in [5, 5.41) is 0.284. The number of sulfonamides is 1. The van der Waals surface area contributed by atoms with Crippen molar-refractivity contribution in [2.24, 2.45) is 7.05 Å². The molecule has 1 unspecified atom stereocenters. The molecule has 0 radical (unpaired) electrons. The molecule has 3 aromatic rings. The van der Waals surface area contributed by atoms with Crippen molar-refractivity contribution in [1.82, 2.24) is 19.3 Å². The molecule has 0 fully saturated rings. The molecular weight excluding hydrogens is 383 g/mol. The number of benzene rings is 1. The molecule has 9 heteroatoms. The van der Waals surface area contributed by atoms with E-state index in [1.54, 1.807) is 55.7 Å². The minimum absolute atomic E-state index is 0.0263. The van der Waals surface area contributed by atoms with Crippen LogP contribution >= 0.6 is 23.2 Å². The van der Waals surface area contributed by atoms with Crippen molar-refractivity contribution in [3.63, 3.8) is 0 Å². The normalized spacial score (nSPS) is 12.9. The topological polar surface area (TPSA) is 76.9 Å². The maximum Gasteiger partial charge on any atom is 0.262 e. The van der Waals surface area contributed by atoms with Gasteiger partial charge in [0, 0.05) is 18.3 Å². The zero-order valence-electron chi connectivity index (χ0n) is 13.1. The van der Waals surface area contributed by atoms with Gasteiger partial charge in [-0.2, -0.15) is 4.72 Å². The molecule has 0 aliphatic heterocycles. The van der Waals surface area contributed by atoms with E-state index in [4.69, 9.17) is 23.2 Å². The van der Waals surface area contributed by atoms with Gasteiger partial charge in [-0.15, -0.1) is 0 Å². The Morgan fingerprint density at radius 3 is 2.52 bits per heavy atom. The predicted molar refractivity (Wildman–Crippen MR) is 96.1 cm³/mol. The van der Waals surface area contributed by atoms with Crippen LogP contribution in [0.3, 0.4) is 0 Å². The lowest BCUT2D eigenvalue weighted by Gasteiger charge is -2.18. The van der Waals surface area contributed by atoms with Gasteiger partial charge in [0.05, 0.1) is 18.1 Å². The lowest BCUT2D eigenvalue weighted by Crippen LogP contribution is -2.30. The maximum atomic E-state index is 12.8. The Kier molecular flexibility index (Phi) is 5.10. The average Bonchev–Trinajstić information content (AvgIpc) is 2.93. The number of aromatic nitrogens is 3. The van der Waals surface area contributed by atoms with Gasteiger partial charge in [0.1, 0.15) is 5.15 Å². The first-order valence-corrected chi connectivity index (χ1v) is 9.48. The highest BCUT2D eigenvalue weighted by Crippen LogP contribution is 2.26. The summed E-state index contributed by atoms with van der Waals surface area (Å²) in [4.78, 5) is 8.14. The molecule has 130 valence electrons. The number of rotatable bonds is 5. The molecule has 25 heavy (non-hydrogen) atoms. The lowest BCUT2D eigenvalue weighted by atomic mass is 10.0. The van der Waals surface area contributed by atoms with E-state index >= 15 is 0 Å². The van der Waals surface area contributed by atoms with Crippen molar-refractivity contribution in [2.75, 3.05) is 0 Å². The van der Waals surface area contributed by atoms with E-state index in [1.807, 2.05) is 0 Å². The molecule has 2 aromatic heterocycles. The number of hydrogen-bond acceptors (Lipinski definition) is 4. The Bertz CT molecular complexity index is 990. The van der Waals surface area contributed by atoms with Crippen molar-refractivity contribution in [3.05, 3.63) is 76.4 Å². The van der Waals surface area contributed by atoms with Gasteiger partial charge >= 0.3 is 0 Å². The van der Waals surface area contributed by atoms with Crippen molar-refractivity contribution in [2.45, 2.75) is 11.1 Å². The van der Waals surface area contributed by atoms with Crippen molar-refractivity contribution in [1.29, 1.82) is 0 Å². The zero-order chi connectivity index (χ0) is 18.0. The molecular formula is C16H14Cl2N4O2S. The SMILES string of the molecule is Cn1cnc(S(=O)(=O)NC(c2cccc(Cl)c2)c2ccccn2)c1Cl. The monoisotopic (exact) mass is 396 g/mol. The first kappa shape index (κ1) is 17.9. The summed E-state index contributed by atoms with van der Waals surface area (Å²) in [6.45, 7) is 0. The molecule has 0 spiro atoms. The minimum atomic E-state index is -3.98. The second kappa shape index (κ2) is 7.13. The molecule has 6 nitrogen and oxygen atoms in total. The Hall–Kier alpha value is -1.93. The van der Waals surface area contributed by atoms with E-state index in [9.17, 15) is 8.42 Å². The van der Waals surface area contributed by atoms with E-state index in [2.05, 4.69) is 14.7 Å². The Morgan fingerprint density at radius 2 is 1.92 bits per heavy atom. The largest absolute Gasteiger partial charge is 0.324 e. The van der Waals surface area contributed by atoms with Crippen LogP contribution in [0.1, 0.15) is 17.3 Å². The van der Waals surface area contributed by atoms with E-state index < -0.39 is 16.1 Å². The Balaban J connectivity index is 2.05. The van der Waals surface area contributed by atoms with Gasteiger partial charge in [0.15, 0.2) is 0 Å². The molecule has 0 bridgehead atoms.